The Kier molecular flexibility index (Phi) is 9.55. The summed E-state index contributed by atoms with van der Waals surface area (Å²) in [6.07, 6.45) is 6.46. The van der Waals surface area contributed by atoms with Crippen LogP contribution in [0.4, 0.5) is 0 Å². The summed E-state index contributed by atoms with van der Waals surface area (Å²) in [4.78, 5) is 12.0. The van der Waals surface area contributed by atoms with Gasteiger partial charge in [0.1, 0.15) is 0 Å². The van der Waals surface area contributed by atoms with Gasteiger partial charge in [0.25, 0.3) is 0 Å². The molecule has 1 N–H and O–H groups in total. The Hall–Kier alpha value is -2.34. The molecule has 0 radical (unpaired) electrons. The van der Waals surface area contributed by atoms with Crippen LogP contribution in [-0.4, -0.2) is 25.8 Å². The van der Waals surface area contributed by atoms with Gasteiger partial charge in [0.15, 0.2) is 11.5 Å². The van der Waals surface area contributed by atoms with Gasteiger partial charge in [0.05, 0.1) is 30.8 Å². The van der Waals surface area contributed by atoms with Crippen LogP contribution in [-0.2, 0) is 11.2 Å². The van der Waals surface area contributed by atoms with Crippen molar-refractivity contribution in [1.29, 1.82) is 0 Å². The van der Waals surface area contributed by atoms with Crippen molar-refractivity contribution in [2.75, 3.05) is 13.7 Å². The van der Waals surface area contributed by atoms with Crippen LogP contribution < -0.4 is 14.9 Å². The highest BCUT2D eigenvalue weighted by Gasteiger charge is 2.11. The zero-order valence-corrected chi connectivity index (χ0v) is 18.0. The lowest BCUT2D eigenvalue weighted by Crippen LogP contribution is -2.19. The molecule has 0 heterocycles. The van der Waals surface area contributed by atoms with Gasteiger partial charge >= 0.3 is 0 Å². The summed E-state index contributed by atoms with van der Waals surface area (Å²) in [6.45, 7) is 2.84. The van der Waals surface area contributed by atoms with E-state index in [2.05, 4.69) is 33.4 Å². The van der Waals surface area contributed by atoms with Crippen LogP contribution in [0.2, 0.25) is 0 Å². The SMILES string of the molecule is CCCCCCOc1c(Br)cc(/C=N/NC(=O)Cc2ccccc2)cc1OC. The van der Waals surface area contributed by atoms with E-state index in [0.29, 0.717) is 18.1 Å². The summed E-state index contributed by atoms with van der Waals surface area (Å²) >= 11 is 3.53. The largest absolute Gasteiger partial charge is 0.493 e. The van der Waals surface area contributed by atoms with Crippen LogP contribution in [0.3, 0.4) is 0 Å². The number of hydrogen-bond acceptors (Lipinski definition) is 4. The lowest BCUT2D eigenvalue weighted by atomic mass is 10.1. The van der Waals surface area contributed by atoms with Gasteiger partial charge in [-0.05, 0) is 45.6 Å². The molecule has 1 amide bonds. The molecule has 5 nitrogen and oxygen atoms in total. The molecule has 150 valence electrons. The van der Waals surface area contributed by atoms with Crippen molar-refractivity contribution in [2.24, 2.45) is 5.10 Å². The molecule has 2 rings (SSSR count). The quantitative estimate of drug-likeness (QED) is 0.296. The van der Waals surface area contributed by atoms with Gasteiger partial charge in [-0.15, -0.1) is 0 Å². The van der Waals surface area contributed by atoms with Gasteiger partial charge in [0.2, 0.25) is 5.91 Å². The molecule has 0 spiro atoms. The molecule has 0 unspecified atom stereocenters. The van der Waals surface area contributed by atoms with E-state index in [0.717, 1.165) is 28.4 Å². The normalized spacial score (nSPS) is 10.8. The smallest absolute Gasteiger partial charge is 0.244 e. The molecule has 0 saturated carbocycles. The lowest BCUT2D eigenvalue weighted by molar-refractivity contribution is -0.120. The molecule has 0 aromatic heterocycles. The summed E-state index contributed by atoms with van der Waals surface area (Å²) in [5.41, 5.74) is 4.29. The van der Waals surface area contributed by atoms with Crippen molar-refractivity contribution in [3.8, 4) is 11.5 Å². The molecule has 6 heteroatoms. The Labute approximate surface area is 175 Å². The van der Waals surface area contributed by atoms with E-state index in [1.807, 2.05) is 42.5 Å². The van der Waals surface area contributed by atoms with Crippen LogP contribution in [0, 0.1) is 0 Å². The maximum atomic E-state index is 12.0. The summed E-state index contributed by atoms with van der Waals surface area (Å²) < 4.78 is 12.1. The maximum Gasteiger partial charge on any atom is 0.244 e. The average molecular weight is 447 g/mol. The molecule has 0 aliphatic heterocycles. The van der Waals surface area contributed by atoms with E-state index < -0.39 is 0 Å². The summed E-state index contributed by atoms with van der Waals surface area (Å²) in [6, 6.07) is 13.3. The number of carbonyl (C=O) groups excluding carboxylic acids is 1. The molecule has 2 aromatic carbocycles. The van der Waals surface area contributed by atoms with Crippen LogP contribution in [0.15, 0.2) is 52.0 Å². The van der Waals surface area contributed by atoms with Crippen molar-refractivity contribution < 1.29 is 14.3 Å². The van der Waals surface area contributed by atoms with Crippen LogP contribution >= 0.6 is 15.9 Å². The number of hydrogen-bond donors (Lipinski definition) is 1. The highest BCUT2D eigenvalue weighted by atomic mass is 79.9. The molecule has 0 atom stereocenters. The number of rotatable bonds is 11. The molecular formula is C22H27BrN2O3. The fourth-order valence-electron chi connectivity index (χ4n) is 2.66. The third-order valence-electron chi connectivity index (χ3n) is 4.11. The number of ether oxygens (including phenoxy) is 2. The third kappa shape index (κ3) is 7.35. The summed E-state index contributed by atoms with van der Waals surface area (Å²) in [5, 5.41) is 4.04. The molecule has 0 fully saturated rings. The Morgan fingerprint density at radius 3 is 2.68 bits per heavy atom. The zero-order chi connectivity index (χ0) is 20.2. The van der Waals surface area contributed by atoms with Gasteiger partial charge in [-0.25, -0.2) is 5.43 Å². The number of halogens is 1. The number of unbranched alkanes of at least 4 members (excludes halogenated alkanes) is 3. The number of carbonyl (C=O) groups is 1. The van der Waals surface area contributed by atoms with Gasteiger partial charge in [0, 0.05) is 0 Å². The monoisotopic (exact) mass is 446 g/mol. The molecular weight excluding hydrogens is 420 g/mol. The van der Waals surface area contributed by atoms with Crippen molar-refractivity contribution in [3.05, 3.63) is 58.1 Å². The van der Waals surface area contributed by atoms with E-state index in [9.17, 15) is 4.79 Å². The lowest BCUT2D eigenvalue weighted by Gasteiger charge is -2.13. The number of hydrazone groups is 1. The maximum absolute atomic E-state index is 12.0. The first-order valence-electron chi connectivity index (χ1n) is 9.50. The van der Waals surface area contributed by atoms with Crippen LogP contribution in [0.25, 0.3) is 0 Å². The van der Waals surface area contributed by atoms with E-state index in [4.69, 9.17) is 9.47 Å². The summed E-state index contributed by atoms with van der Waals surface area (Å²) in [5.74, 6) is 1.15. The van der Waals surface area contributed by atoms with Crippen molar-refractivity contribution in [2.45, 2.75) is 39.0 Å². The predicted molar refractivity (Wildman–Crippen MR) is 116 cm³/mol. The number of amides is 1. The number of benzene rings is 2. The highest BCUT2D eigenvalue weighted by molar-refractivity contribution is 9.10. The number of methoxy groups -OCH3 is 1. The van der Waals surface area contributed by atoms with Gasteiger partial charge < -0.3 is 9.47 Å². The van der Waals surface area contributed by atoms with Crippen molar-refractivity contribution in [3.63, 3.8) is 0 Å². The Morgan fingerprint density at radius 2 is 1.96 bits per heavy atom. The first-order chi connectivity index (χ1) is 13.6. The minimum absolute atomic E-state index is 0.166. The topological polar surface area (TPSA) is 59.9 Å². The van der Waals surface area contributed by atoms with E-state index in [-0.39, 0.29) is 12.3 Å². The third-order valence-corrected chi connectivity index (χ3v) is 4.70. The standard InChI is InChI=1S/C22H27BrN2O3/c1-3-4-5-9-12-28-22-19(23)13-18(14-20(22)27-2)16-24-25-21(26)15-17-10-7-6-8-11-17/h6-8,10-11,13-14,16H,3-5,9,12,15H2,1-2H3,(H,25,26)/b24-16+. The summed E-state index contributed by atoms with van der Waals surface area (Å²) in [7, 11) is 1.61. The van der Waals surface area contributed by atoms with Crippen LogP contribution in [0.5, 0.6) is 11.5 Å². The van der Waals surface area contributed by atoms with Gasteiger partial charge in [-0.1, -0.05) is 56.5 Å². The van der Waals surface area contributed by atoms with E-state index >= 15 is 0 Å². The Balaban J connectivity index is 1.93. The molecule has 28 heavy (non-hydrogen) atoms. The fourth-order valence-corrected chi connectivity index (χ4v) is 3.23. The Morgan fingerprint density at radius 1 is 1.18 bits per heavy atom. The van der Waals surface area contributed by atoms with Crippen molar-refractivity contribution in [1.82, 2.24) is 5.43 Å². The molecule has 0 aliphatic carbocycles. The average Bonchev–Trinajstić information content (AvgIpc) is 2.69. The second kappa shape index (κ2) is 12.2. The number of nitrogens with one attached hydrogen (secondary N) is 1. The fraction of sp³-hybridized carbons (Fsp3) is 0.364. The first-order valence-corrected chi connectivity index (χ1v) is 10.3. The minimum Gasteiger partial charge on any atom is -0.493 e. The predicted octanol–water partition coefficient (Wildman–Crippen LogP) is 5.11. The van der Waals surface area contributed by atoms with Gasteiger partial charge in [-0.3, -0.25) is 4.79 Å². The van der Waals surface area contributed by atoms with Gasteiger partial charge in [-0.2, -0.15) is 5.10 Å². The number of nitrogens with zero attached hydrogens (tertiary/aromatic N) is 1. The molecule has 0 bridgehead atoms. The van der Waals surface area contributed by atoms with E-state index in [1.165, 1.54) is 12.8 Å². The molecule has 2 aromatic rings. The van der Waals surface area contributed by atoms with Crippen LogP contribution in [0.1, 0.15) is 43.7 Å². The molecule has 0 aliphatic rings. The van der Waals surface area contributed by atoms with E-state index in [1.54, 1.807) is 13.3 Å². The Bertz CT molecular complexity index is 779. The van der Waals surface area contributed by atoms with Crippen molar-refractivity contribution >= 4 is 28.1 Å². The second-order valence-corrected chi connectivity index (χ2v) is 7.25. The zero-order valence-electron chi connectivity index (χ0n) is 16.4. The second-order valence-electron chi connectivity index (χ2n) is 6.40. The minimum atomic E-state index is -0.166. The highest BCUT2D eigenvalue weighted by Crippen LogP contribution is 2.36. The first kappa shape index (κ1) is 22.0. The molecule has 0 saturated heterocycles.